The van der Waals surface area contributed by atoms with Crippen molar-refractivity contribution in [2.75, 3.05) is 31.1 Å². The first-order chi connectivity index (χ1) is 10.3. The van der Waals surface area contributed by atoms with E-state index in [0.29, 0.717) is 6.54 Å². The summed E-state index contributed by atoms with van der Waals surface area (Å²) in [5.41, 5.74) is 2.52. The van der Waals surface area contributed by atoms with Crippen LogP contribution in [0.5, 0.6) is 0 Å². The predicted molar refractivity (Wildman–Crippen MR) is 86.8 cm³/mol. The number of carbonyl (C=O) groups is 1. The van der Waals surface area contributed by atoms with Crippen LogP contribution in [0.2, 0.25) is 0 Å². The van der Waals surface area contributed by atoms with Crippen LogP contribution in [0.25, 0.3) is 0 Å². The molecule has 5 nitrogen and oxygen atoms in total. The van der Waals surface area contributed by atoms with Gasteiger partial charge >= 0.3 is 0 Å². The first-order valence-corrected chi connectivity index (χ1v) is 7.66. The van der Waals surface area contributed by atoms with E-state index in [1.165, 1.54) is 11.3 Å². The zero-order chi connectivity index (χ0) is 15.1. The van der Waals surface area contributed by atoms with Gasteiger partial charge in [0, 0.05) is 25.3 Å². The number of nitrogens with one attached hydrogen (secondary N) is 2. The van der Waals surface area contributed by atoms with Gasteiger partial charge in [-0.2, -0.15) is 0 Å². The minimum atomic E-state index is -0.0280. The van der Waals surface area contributed by atoms with E-state index in [-0.39, 0.29) is 12.5 Å². The molecule has 114 valence electrons. The molecule has 1 aliphatic rings. The number of fused-ring (bicyclic) bond motifs is 1. The third-order valence-corrected chi connectivity index (χ3v) is 3.42. The van der Waals surface area contributed by atoms with Crippen molar-refractivity contribution in [3.8, 4) is 0 Å². The maximum Gasteiger partial charge on any atom is 0.241 e. The second kappa shape index (κ2) is 7.67. The molecule has 2 rings (SSSR count). The second-order valence-corrected chi connectivity index (χ2v) is 5.05. The van der Waals surface area contributed by atoms with Crippen molar-refractivity contribution in [2.45, 2.75) is 26.7 Å². The molecule has 0 atom stereocenters. The summed E-state index contributed by atoms with van der Waals surface area (Å²) < 4.78 is 0. The van der Waals surface area contributed by atoms with Crippen LogP contribution in [0.1, 0.15) is 25.8 Å². The number of amides is 1. The fraction of sp³-hybridized carbons (Fsp3) is 0.500. The van der Waals surface area contributed by atoms with Gasteiger partial charge in [-0.15, -0.1) is 0 Å². The van der Waals surface area contributed by atoms with Crippen LogP contribution in [-0.4, -0.2) is 38.0 Å². The van der Waals surface area contributed by atoms with E-state index in [1.54, 1.807) is 0 Å². The molecule has 0 saturated heterocycles. The van der Waals surface area contributed by atoms with Gasteiger partial charge in [0.05, 0.1) is 0 Å². The van der Waals surface area contributed by atoms with Crippen LogP contribution in [-0.2, 0) is 11.2 Å². The van der Waals surface area contributed by atoms with Crippen molar-refractivity contribution in [1.29, 1.82) is 0 Å². The lowest BCUT2D eigenvalue weighted by Crippen LogP contribution is -2.41. The van der Waals surface area contributed by atoms with E-state index in [4.69, 9.17) is 0 Å². The fourth-order valence-corrected chi connectivity index (χ4v) is 2.42. The molecule has 0 radical (unpaired) electrons. The monoisotopic (exact) mass is 288 g/mol. The van der Waals surface area contributed by atoms with Crippen LogP contribution in [0.3, 0.4) is 0 Å². The third kappa shape index (κ3) is 3.97. The van der Waals surface area contributed by atoms with Gasteiger partial charge < -0.3 is 15.5 Å². The molecule has 0 spiro atoms. The molecule has 1 aliphatic heterocycles. The molecule has 21 heavy (non-hydrogen) atoms. The van der Waals surface area contributed by atoms with Crippen molar-refractivity contribution < 1.29 is 4.79 Å². The van der Waals surface area contributed by atoms with Crippen molar-refractivity contribution >= 4 is 17.6 Å². The molecule has 1 amide bonds. The molecule has 2 N–H and O–H groups in total. The number of guanidine groups is 1. The summed E-state index contributed by atoms with van der Waals surface area (Å²) in [6.07, 6.45) is 1.96. The van der Waals surface area contributed by atoms with E-state index < -0.39 is 0 Å². The summed E-state index contributed by atoms with van der Waals surface area (Å²) in [7, 11) is 0. The molecule has 0 saturated carbocycles. The fourth-order valence-electron chi connectivity index (χ4n) is 2.42. The Morgan fingerprint density at radius 2 is 2.10 bits per heavy atom. The second-order valence-electron chi connectivity index (χ2n) is 5.05. The van der Waals surface area contributed by atoms with E-state index in [0.717, 1.165) is 31.9 Å². The van der Waals surface area contributed by atoms with Crippen molar-refractivity contribution in [1.82, 2.24) is 10.6 Å². The van der Waals surface area contributed by atoms with Crippen LogP contribution < -0.4 is 15.5 Å². The topological polar surface area (TPSA) is 56.7 Å². The number of para-hydroxylation sites is 1. The first-order valence-electron chi connectivity index (χ1n) is 7.66. The normalized spacial score (nSPS) is 14.0. The highest BCUT2D eigenvalue weighted by Crippen LogP contribution is 2.27. The maximum atomic E-state index is 11.7. The Hall–Kier alpha value is -2.04. The Kier molecular flexibility index (Phi) is 5.60. The molecule has 0 aromatic heterocycles. The summed E-state index contributed by atoms with van der Waals surface area (Å²) in [5, 5.41) is 6.12. The largest absolute Gasteiger partial charge is 0.356 e. The quantitative estimate of drug-likeness (QED) is 0.638. The number of carbonyl (C=O) groups excluding carboxylic acids is 1. The highest BCUT2D eigenvalue weighted by atomic mass is 16.1. The zero-order valence-corrected chi connectivity index (χ0v) is 12.9. The van der Waals surface area contributed by atoms with Crippen LogP contribution in [0.4, 0.5) is 5.69 Å². The molecule has 1 aromatic carbocycles. The third-order valence-electron chi connectivity index (χ3n) is 3.42. The molecule has 1 heterocycles. The Morgan fingerprint density at radius 1 is 1.29 bits per heavy atom. The van der Waals surface area contributed by atoms with Crippen LogP contribution in [0.15, 0.2) is 29.3 Å². The van der Waals surface area contributed by atoms with Crippen molar-refractivity contribution in [2.24, 2.45) is 4.99 Å². The van der Waals surface area contributed by atoms with Crippen LogP contribution >= 0.6 is 0 Å². The van der Waals surface area contributed by atoms with Crippen molar-refractivity contribution in [3.63, 3.8) is 0 Å². The van der Waals surface area contributed by atoms with Gasteiger partial charge in [0.2, 0.25) is 5.91 Å². The Labute approximate surface area is 126 Å². The molecular weight excluding hydrogens is 264 g/mol. The van der Waals surface area contributed by atoms with Gasteiger partial charge in [0.1, 0.15) is 6.54 Å². The number of hydrogen-bond acceptors (Lipinski definition) is 2. The molecule has 5 heteroatoms. The average Bonchev–Trinajstić information content (AvgIpc) is 2.93. The average molecular weight is 288 g/mol. The summed E-state index contributed by atoms with van der Waals surface area (Å²) >= 11 is 0. The number of anilines is 1. The number of aliphatic imine (C=N–C) groups is 1. The first kappa shape index (κ1) is 15.4. The Bertz CT molecular complexity index is 513. The molecule has 0 aliphatic carbocycles. The van der Waals surface area contributed by atoms with Crippen LogP contribution in [0, 0.1) is 0 Å². The number of rotatable bonds is 5. The summed E-state index contributed by atoms with van der Waals surface area (Å²) in [6, 6.07) is 8.35. The Morgan fingerprint density at radius 3 is 2.86 bits per heavy atom. The van der Waals surface area contributed by atoms with E-state index in [2.05, 4.69) is 38.7 Å². The molecule has 0 fully saturated rings. The van der Waals surface area contributed by atoms with Gasteiger partial charge in [0.15, 0.2) is 5.96 Å². The van der Waals surface area contributed by atoms with Gasteiger partial charge in [-0.05, 0) is 31.4 Å². The van der Waals surface area contributed by atoms with Gasteiger partial charge in [-0.1, -0.05) is 25.1 Å². The SMILES string of the molecule is CCCNC(=O)CN=C(NCC)N1CCc2ccccc21. The van der Waals surface area contributed by atoms with Crippen molar-refractivity contribution in [3.05, 3.63) is 29.8 Å². The van der Waals surface area contributed by atoms with E-state index in [1.807, 2.05) is 19.9 Å². The summed E-state index contributed by atoms with van der Waals surface area (Å²) in [5.74, 6) is 0.758. The highest BCUT2D eigenvalue weighted by molar-refractivity contribution is 5.99. The lowest BCUT2D eigenvalue weighted by atomic mass is 10.2. The maximum absolute atomic E-state index is 11.7. The zero-order valence-electron chi connectivity index (χ0n) is 12.9. The van der Waals surface area contributed by atoms with E-state index >= 15 is 0 Å². The number of nitrogens with zero attached hydrogens (tertiary/aromatic N) is 2. The number of hydrogen-bond donors (Lipinski definition) is 2. The molecule has 0 unspecified atom stereocenters. The Balaban J connectivity index is 2.07. The van der Waals surface area contributed by atoms with E-state index in [9.17, 15) is 4.79 Å². The molecular formula is C16H24N4O. The number of benzene rings is 1. The summed E-state index contributed by atoms with van der Waals surface area (Å²) in [4.78, 5) is 18.3. The lowest BCUT2D eigenvalue weighted by Gasteiger charge is -2.22. The minimum Gasteiger partial charge on any atom is -0.356 e. The lowest BCUT2D eigenvalue weighted by molar-refractivity contribution is -0.119. The standard InChI is InChI=1S/C16H24N4O/c1-3-10-18-15(21)12-19-16(17-4-2)20-11-9-13-7-5-6-8-14(13)20/h5-8H,3-4,9-12H2,1-2H3,(H,17,19)(H,18,21). The molecule has 1 aromatic rings. The van der Waals surface area contributed by atoms with Gasteiger partial charge in [0.25, 0.3) is 0 Å². The summed E-state index contributed by atoms with van der Waals surface area (Å²) in [6.45, 7) is 6.64. The highest BCUT2D eigenvalue weighted by Gasteiger charge is 2.22. The smallest absolute Gasteiger partial charge is 0.241 e. The van der Waals surface area contributed by atoms with Gasteiger partial charge in [-0.3, -0.25) is 4.79 Å². The minimum absolute atomic E-state index is 0.0280. The van der Waals surface area contributed by atoms with Gasteiger partial charge in [-0.25, -0.2) is 4.99 Å². The molecule has 0 bridgehead atoms. The predicted octanol–water partition coefficient (Wildman–Crippen LogP) is 1.54.